The van der Waals surface area contributed by atoms with E-state index in [0.29, 0.717) is 35.4 Å². The molecule has 5 nitrogen and oxygen atoms in total. The number of ketones is 1. The quantitative estimate of drug-likeness (QED) is 0.809. The van der Waals surface area contributed by atoms with Gasteiger partial charge in [0.2, 0.25) is 5.91 Å². The van der Waals surface area contributed by atoms with Crippen LogP contribution in [0.25, 0.3) is 0 Å². The zero-order valence-electron chi connectivity index (χ0n) is 14.8. The molecular weight excluding hydrogens is 335 g/mol. The van der Waals surface area contributed by atoms with E-state index in [9.17, 15) is 14.0 Å². The van der Waals surface area contributed by atoms with Gasteiger partial charge in [0.25, 0.3) is 0 Å². The number of hydrogen-bond acceptors (Lipinski definition) is 4. The lowest BCUT2D eigenvalue weighted by molar-refractivity contribution is -0.115. The van der Waals surface area contributed by atoms with Crippen molar-refractivity contribution in [2.24, 2.45) is 0 Å². The highest BCUT2D eigenvalue weighted by molar-refractivity contribution is 5.96. The van der Waals surface area contributed by atoms with Crippen LogP contribution >= 0.6 is 0 Å². The summed E-state index contributed by atoms with van der Waals surface area (Å²) in [7, 11) is 1.50. The lowest BCUT2D eigenvalue weighted by atomic mass is 9.99. The standard InChI is InChI=1S/C20H21FN2O3/c1-12(24)13-4-6-18(26-2)15(9-13)10-19(25)23-17-5-3-14-11-22-8-7-16(14)20(17)21/h3-6,9,22H,7-8,10-11H2,1-2H3,(H,23,25). The Morgan fingerprint density at radius 3 is 2.81 bits per heavy atom. The monoisotopic (exact) mass is 356 g/mol. The second kappa shape index (κ2) is 7.66. The van der Waals surface area contributed by atoms with Crippen LogP contribution in [0.4, 0.5) is 10.1 Å². The molecule has 0 saturated heterocycles. The number of hydrogen-bond donors (Lipinski definition) is 2. The van der Waals surface area contributed by atoms with E-state index in [1.54, 1.807) is 24.3 Å². The Balaban J connectivity index is 1.79. The van der Waals surface area contributed by atoms with Crippen molar-refractivity contribution < 1.29 is 18.7 Å². The van der Waals surface area contributed by atoms with Gasteiger partial charge in [0.15, 0.2) is 5.78 Å². The van der Waals surface area contributed by atoms with E-state index in [1.165, 1.54) is 14.0 Å². The third kappa shape index (κ3) is 3.75. The van der Waals surface area contributed by atoms with E-state index in [4.69, 9.17) is 4.74 Å². The zero-order valence-corrected chi connectivity index (χ0v) is 14.8. The first kappa shape index (κ1) is 18.1. The number of amides is 1. The normalized spacial score (nSPS) is 13.0. The van der Waals surface area contributed by atoms with E-state index in [0.717, 1.165) is 12.1 Å². The summed E-state index contributed by atoms with van der Waals surface area (Å²) in [6.45, 7) is 2.81. The zero-order chi connectivity index (χ0) is 18.7. The average Bonchev–Trinajstić information content (AvgIpc) is 2.64. The first-order valence-corrected chi connectivity index (χ1v) is 8.48. The number of anilines is 1. The molecule has 1 aliphatic heterocycles. The summed E-state index contributed by atoms with van der Waals surface area (Å²) in [5.74, 6) is -0.315. The number of benzene rings is 2. The number of halogens is 1. The Morgan fingerprint density at radius 2 is 2.08 bits per heavy atom. The van der Waals surface area contributed by atoms with Crippen LogP contribution in [0, 0.1) is 5.82 Å². The van der Waals surface area contributed by atoms with Crippen LogP contribution in [0.2, 0.25) is 0 Å². The van der Waals surface area contributed by atoms with Crippen molar-refractivity contribution in [2.45, 2.75) is 26.3 Å². The van der Waals surface area contributed by atoms with E-state index in [1.807, 2.05) is 6.07 Å². The molecule has 1 amide bonds. The van der Waals surface area contributed by atoms with E-state index < -0.39 is 0 Å². The number of ether oxygens (including phenoxy) is 1. The highest BCUT2D eigenvalue weighted by atomic mass is 19.1. The van der Waals surface area contributed by atoms with Crippen LogP contribution in [0.3, 0.4) is 0 Å². The minimum Gasteiger partial charge on any atom is -0.496 e. The number of Topliss-reactive ketones (excluding diaryl/α,β-unsaturated/α-hetero) is 1. The molecule has 3 rings (SSSR count). The highest BCUT2D eigenvalue weighted by Crippen LogP contribution is 2.25. The molecule has 0 spiro atoms. The molecule has 0 aliphatic carbocycles. The lowest BCUT2D eigenvalue weighted by Crippen LogP contribution is -2.25. The van der Waals surface area contributed by atoms with Crippen molar-refractivity contribution in [3.8, 4) is 5.75 Å². The number of carbonyl (C=O) groups is 2. The maximum atomic E-state index is 14.7. The van der Waals surface area contributed by atoms with Crippen molar-refractivity contribution in [2.75, 3.05) is 19.0 Å². The first-order valence-electron chi connectivity index (χ1n) is 8.48. The third-order valence-electron chi connectivity index (χ3n) is 4.52. The van der Waals surface area contributed by atoms with Crippen molar-refractivity contribution in [1.82, 2.24) is 5.32 Å². The van der Waals surface area contributed by atoms with Gasteiger partial charge >= 0.3 is 0 Å². The number of carbonyl (C=O) groups excluding carboxylic acids is 2. The van der Waals surface area contributed by atoms with Crippen LogP contribution in [-0.4, -0.2) is 25.3 Å². The van der Waals surface area contributed by atoms with Gasteiger partial charge in [-0.05, 0) is 55.3 Å². The molecule has 0 fully saturated rings. The topological polar surface area (TPSA) is 67.4 Å². The molecule has 2 aromatic rings. The Hall–Kier alpha value is -2.73. The molecule has 6 heteroatoms. The summed E-state index contributed by atoms with van der Waals surface area (Å²) < 4.78 is 19.9. The minimum atomic E-state index is -0.373. The lowest BCUT2D eigenvalue weighted by Gasteiger charge is -2.19. The largest absolute Gasteiger partial charge is 0.496 e. The molecular formula is C20H21FN2O3. The van der Waals surface area contributed by atoms with E-state index in [2.05, 4.69) is 10.6 Å². The van der Waals surface area contributed by atoms with Crippen LogP contribution in [-0.2, 0) is 24.2 Å². The summed E-state index contributed by atoms with van der Waals surface area (Å²) in [4.78, 5) is 24.0. The van der Waals surface area contributed by atoms with Crippen LogP contribution < -0.4 is 15.4 Å². The number of rotatable bonds is 5. The van der Waals surface area contributed by atoms with Gasteiger partial charge in [-0.2, -0.15) is 0 Å². The Morgan fingerprint density at radius 1 is 1.27 bits per heavy atom. The molecule has 0 saturated carbocycles. The second-order valence-corrected chi connectivity index (χ2v) is 6.30. The number of fused-ring (bicyclic) bond motifs is 1. The van der Waals surface area contributed by atoms with Crippen LogP contribution in [0.5, 0.6) is 5.75 Å². The summed E-state index contributed by atoms with van der Waals surface area (Å²) in [6, 6.07) is 8.36. The third-order valence-corrected chi connectivity index (χ3v) is 4.52. The van der Waals surface area contributed by atoms with Gasteiger partial charge < -0.3 is 15.4 Å². The Kier molecular flexibility index (Phi) is 5.32. The molecule has 136 valence electrons. The SMILES string of the molecule is COc1ccc(C(C)=O)cc1CC(=O)Nc1ccc2c(c1F)CCNC2. The molecule has 2 N–H and O–H groups in total. The molecule has 1 heterocycles. The van der Waals surface area contributed by atoms with Crippen molar-refractivity contribution in [1.29, 1.82) is 0 Å². The van der Waals surface area contributed by atoms with Crippen molar-refractivity contribution in [3.05, 3.63) is 58.4 Å². The second-order valence-electron chi connectivity index (χ2n) is 6.30. The molecule has 2 aromatic carbocycles. The minimum absolute atomic E-state index is 0.0115. The fourth-order valence-electron chi connectivity index (χ4n) is 3.13. The molecule has 0 aromatic heterocycles. The summed E-state index contributed by atoms with van der Waals surface area (Å²) >= 11 is 0. The van der Waals surface area contributed by atoms with Gasteiger partial charge in [0.05, 0.1) is 19.2 Å². The maximum Gasteiger partial charge on any atom is 0.229 e. The molecule has 0 bridgehead atoms. The summed E-state index contributed by atoms with van der Waals surface area (Å²) in [5, 5.41) is 5.83. The van der Waals surface area contributed by atoms with E-state index >= 15 is 0 Å². The van der Waals surface area contributed by atoms with Crippen LogP contribution in [0.15, 0.2) is 30.3 Å². The van der Waals surface area contributed by atoms with Crippen molar-refractivity contribution >= 4 is 17.4 Å². The van der Waals surface area contributed by atoms with Gasteiger partial charge in [0.1, 0.15) is 11.6 Å². The van der Waals surface area contributed by atoms with Crippen molar-refractivity contribution in [3.63, 3.8) is 0 Å². The van der Waals surface area contributed by atoms with Gasteiger partial charge in [-0.15, -0.1) is 0 Å². The molecule has 26 heavy (non-hydrogen) atoms. The average molecular weight is 356 g/mol. The fourth-order valence-corrected chi connectivity index (χ4v) is 3.13. The molecule has 0 radical (unpaired) electrons. The molecule has 0 unspecified atom stereocenters. The fraction of sp³-hybridized carbons (Fsp3) is 0.300. The van der Waals surface area contributed by atoms with Gasteiger partial charge in [-0.25, -0.2) is 4.39 Å². The number of nitrogens with one attached hydrogen (secondary N) is 2. The predicted molar refractivity (Wildman–Crippen MR) is 97.1 cm³/mol. The van der Waals surface area contributed by atoms with Crippen LogP contribution in [0.1, 0.15) is 34.0 Å². The smallest absolute Gasteiger partial charge is 0.229 e. The Labute approximate surface area is 151 Å². The first-order chi connectivity index (χ1) is 12.5. The van der Waals surface area contributed by atoms with Gasteiger partial charge in [0, 0.05) is 17.7 Å². The highest BCUT2D eigenvalue weighted by Gasteiger charge is 2.18. The maximum absolute atomic E-state index is 14.7. The molecule has 1 aliphatic rings. The summed E-state index contributed by atoms with van der Waals surface area (Å²) in [6.07, 6.45) is 0.585. The Bertz CT molecular complexity index is 864. The van der Waals surface area contributed by atoms with Gasteiger partial charge in [-0.3, -0.25) is 9.59 Å². The predicted octanol–water partition coefficient (Wildman–Crippen LogP) is 2.86. The molecule has 0 atom stereocenters. The summed E-state index contributed by atoms with van der Waals surface area (Å²) in [5.41, 5.74) is 2.83. The number of methoxy groups -OCH3 is 1. The van der Waals surface area contributed by atoms with E-state index in [-0.39, 0.29) is 29.6 Å². The van der Waals surface area contributed by atoms with Gasteiger partial charge in [-0.1, -0.05) is 6.07 Å².